The zero-order chi connectivity index (χ0) is 33.7. The summed E-state index contributed by atoms with van der Waals surface area (Å²) in [5.74, 6) is 1.85. The van der Waals surface area contributed by atoms with Crippen molar-refractivity contribution in [2.75, 3.05) is 0 Å². The van der Waals surface area contributed by atoms with Crippen LogP contribution in [0.2, 0.25) is 0 Å². The zero-order valence-corrected chi connectivity index (χ0v) is 27.5. The summed E-state index contributed by atoms with van der Waals surface area (Å²) in [6, 6.07) is 61.2. The lowest BCUT2D eigenvalue weighted by molar-refractivity contribution is 0.669. The van der Waals surface area contributed by atoms with E-state index in [1.807, 2.05) is 36.4 Å². The van der Waals surface area contributed by atoms with Crippen molar-refractivity contribution < 1.29 is 4.42 Å². The van der Waals surface area contributed by atoms with Gasteiger partial charge in [0.15, 0.2) is 17.5 Å². The molecule has 0 amide bonds. The summed E-state index contributed by atoms with van der Waals surface area (Å²) < 4.78 is 6.52. The van der Waals surface area contributed by atoms with Gasteiger partial charge in [-0.3, -0.25) is 0 Å². The number of furan rings is 1. The van der Waals surface area contributed by atoms with Gasteiger partial charge < -0.3 is 4.42 Å². The van der Waals surface area contributed by atoms with Gasteiger partial charge >= 0.3 is 0 Å². The largest absolute Gasteiger partial charge is 0.456 e. The highest BCUT2D eigenvalue weighted by molar-refractivity contribution is 6.13. The average Bonchev–Trinajstić information content (AvgIpc) is 3.59. The molecule has 2 heterocycles. The van der Waals surface area contributed by atoms with Crippen molar-refractivity contribution in [3.8, 4) is 56.4 Å². The molecule has 0 aliphatic rings. The van der Waals surface area contributed by atoms with Crippen LogP contribution in [-0.4, -0.2) is 15.0 Å². The van der Waals surface area contributed by atoms with Crippen molar-refractivity contribution in [1.82, 2.24) is 15.0 Å². The fourth-order valence-corrected chi connectivity index (χ4v) is 7.10. The normalized spacial score (nSPS) is 11.5. The lowest BCUT2D eigenvalue weighted by Crippen LogP contribution is -2.00. The van der Waals surface area contributed by atoms with Gasteiger partial charge in [-0.25, -0.2) is 15.0 Å². The third-order valence-electron chi connectivity index (χ3n) is 9.71. The summed E-state index contributed by atoms with van der Waals surface area (Å²) in [6.07, 6.45) is 0. The Labute approximate surface area is 294 Å². The number of fused-ring (bicyclic) bond motifs is 5. The minimum Gasteiger partial charge on any atom is -0.456 e. The summed E-state index contributed by atoms with van der Waals surface area (Å²) in [5, 5.41) is 6.95. The molecule has 2 aromatic heterocycles. The van der Waals surface area contributed by atoms with Gasteiger partial charge in [0.05, 0.1) is 0 Å². The summed E-state index contributed by atoms with van der Waals surface area (Å²) in [4.78, 5) is 14.9. The van der Waals surface area contributed by atoms with E-state index in [1.165, 1.54) is 27.3 Å². The van der Waals surface area contributed by atoms with Gasteiger partial charge in [-0.1, -0.05) is 146 Å². The Hall–Kier alpha value is -6.91. The molecule has 4 nitrogen and oxygen atoms in total. The maximum atomic E-state index is 6.52. The van der Waals surface area contributed by atoms with Crippen molar-refractivity contribution in [3.63, 3.8) is 0 Å². The molecule has 0 unspecified atom stereocenters. The first kappa shape index (κ1) is 29.0. The minimum atomic E-state index is 0.596. The molecule has 10 aromatic rings. The average molecular weight is 652 g/mol. The molecule has 10 rings (SSSR count). The standard InChI is InChI=1S/C47H29N3O/c1-2-11-34(12-3-1)45-48-46(38-24-20-31-10-5-7-14-36(31)28-38)50-47(49-45)39-25-26-41-43(29-39)51-42-16-8-15-40(44(41)42)33-21-17-32(18-22-33)37-23-19-30-9-4-6-13-35(30)27-37/h1-29H. The van der Waals surface area contributed by atoms with Gasteiger partial charge in [0.2, 0.25) is 0 Å². The Morgan fingerprint density at radius 1 is 0.314 bits per heavy atom. The smallest absolute Gasteiger partial charge is 0.164 e. The first-order valence-electron chi connectivity index (χ1n) is 17.1. The maximum Gasteiger partial charge on any atom is 0.164 e. The van der Waals surface area contributed by atoms with Gasteiger partial charge in [-0.15, -0.1) is 0 Å². The van der Waals surface area contributed by atoms with E-state index in [4.69, 9.17) is 19.4 Å². The van der Waals surface area contributed by atoms with E-state index in [0.717, 1.165) is 55.1 Å². The number of benzene rings is 8. The van der Waals surface area contributed by atoms with Crippen LogP contribution in [0.25, 0.3) is 99.9 Å². The number of hydrogen-bond donors (Lipinski definition) is 0. The molecule has 238 valence electrons. The highest BCUT2D eigenvalue weighted by Crippen LogP contribution is 2.39. The highest BCUT2D eigenvalue weighted by atomic mass is 16.3. The molecule has 51 heavy (non-hydrogen) atoms. The monoisotopic (exact) mass is 651 g/mol. The molecule has 0 fully saturated rings. The second-order valence-corrected chi connectivity index (χ2v) is 12.9. The van der Waals surface area contributed by atoms with Gasteiger partial charge in [0, 0.05) is 27.5 Å². The van der Waals surface area contributed by atoms with E-state index < -0.39 is 0 Å². The molecule has 0 radical (unpaired) electrons. The lowest BCUT2D eigenvalue weighted by atomic mass is 9.96. The Morgan fingerprint density at radius 3 is 1.55 bits per heavy atom. The van der Waals surface area contributed by atoms with Crippen LogP contribution in [0.1, 0.15) is 0 Å². The van der Waals surface area contributed by atoms with E-state index in [9.17, 15) is 0 Å². The quantitative estimate of drug-likeness (QED) is 0.186. The van der Waals surface area contributed by atoms with Crippen molar-refractivity contribution >= 4 is 43.5 Å². The van der Waals surface area contributed by atoms with Crippen LogP contribution in [-0.2, 0) is 0 Å². The molecule has 0 aliphatic carbocycles. The van der Waals surface area contributed by atoms with E-state index in [-0.39, 0.29) is 0 Å². The van der Waals surface area contributed by atoms with Crippen LogP contribution in [0, 0.1) is 0 Å². The molecule has 0 N–H and O–H groups in total. The molecule has 8 aromatic carbocycles. The third-order valence-corrected chi connectivity index (χ3v) is 9.71. The first-order chi connectivity index (χ1) is 25.2. The van der Waals surface area contributed by atoms with E-state index in [2.05, 4.69) is 140 Å². The molecule has 0 saturated heterocycles. The van der Waals surface area contributed by atoms with Gasteiger partial charge in [-0.05, 0) is 74.1 Å². The van der Waals surface area contributed by atoms with Crippen molar-refractivity contribution in [2.45, 2.75) is 0 Å². The van der Waals surface area contributed by atoms with Crippen LogP contribution >= 0.6 is 0 Å². The number of rotatable bonds is 5. The molecular formula is C47H29N3O. The second-order valence-electron chi connectivity index (χ2n) is 12.9. The molecule has 0 spiro atoms. The predicted octanol–water partition coefficient (Wildman–Crippen LogP) is 12.4. The van der Waals surface area contributed by atoms with Crippen LogP contribution in [0.5, 0.6) is 0 Å². The number of nitrogens with zero attached hydrogens (tertiary/aromatic N) is 3. The highest BCUT2D eigenvalue weighted by Gasteiger charge is 2.17. The van der Waals surface area contributed by atoms with E-state index >= 15 is 0 Å². The van der Waals surface area contributed by atoms with E-state index in [1.54, 1.807) is 0 Å². The number of hydrogen-bond acceptors (Lipinski definition) is 4. The first-order valence-corrected chi connectivity index (χ1v) is 17.1. The van der Waals surface area contributed by atoms with E-state index in [0.29, 0.717) is 17.5 Å². The minimum absolute atomic E-state index is 0.596. The van der Waals surface area contributed by atoms with Crippen LogP contribution in [0.3, 0.4) is 0 Å². The van der Waals surface area contributed by atoms with Gasteiger partial charge in [0.25, 0.3) is 0 Å². The third kappa shape index (κ3) is 5.22. The summed E-state index contributed by atoms with van der Waals surface area (Å²) >= 11 is 0. The van der Waals surface area contributed by atoms with Crippen molar-refractivity contribution in [2.24, 2.45) is 0 Å². The Kier molecular flexibility index (Phi) is 6.78. The molecule has 0 saturated carbocycles. The molecule has 0 aliphatic heterocycles. The lowest BCUT2D eigenvalue weighted by Gasteiger charge is -2.09. The Bertz CT molecular complexity index is 2910. The fraction of sp³-hybridized carbons (Fsp3) is 0. The van der Waals surface area contributed by atoms with Gasteiger partial charge in [0.1, 0.15) is 11.2 Å². The maximum absolute atomic E-state index is 6.52. The van der Waals surface area contributed by atoms with Crippen LogP contribution in [0.15, 0.2) is 180 Å². The summed E-state index contributed by atoms with van der Waals surface area (Å²) in [7, 11) is 0. The van der Waals surface area contributed by atoms with Crippen molar-refractivity contribution in [1.29, 1.82) is 0 Å². The molecule has 0 atom stereocenters. The van der Waals surface area contributed by atoms with Crippen LogP contribution in [0.4, 0.5) is 0 Å². The Morgan fingerprint density at radius 2 is 0.843 bits per heavy atom. The topological polar surface area (TPSA) is 51.8 Å². The second kappa shape index (κ2) is 11.9. The van der Waals surface area contributed by atoms with Crippen molar-refractivity contribution in [3.05, 3.63) is 176 Å². The SMILES string of the molecule is c1ccc(-c2nc(-c3ccc4ccccc4c3)nc(-c3ccc4c(c3)oc3cccc(-c5ccc(-c6ccc7ccccc7c6)cc5)c34)n2)cc1. The molecular weight excluding hydrogens is 623 g/mol. The van der Waals surface area contributed by atoms with Crippen LogP contribution < -0.4 is 0 Å². The number of aromatic nitrogens is 3. The van der Waals surface area contributed by atoms with Gasteiger partial charge in [-0.2, -0.15) is 0 Å². The summed E-state index contributed by atoms with van der Waals surface area (Å²) in [5.41, 5.74) is 9.04. The zero-order valence-electron chi connectivity index (χ0n) is 27.5. The Balaban J connectivity index is 1.06. The summed E-state index contributed by atoms with van der Waals surface area (Å²) in [6.45, 7) is 0. The molecule has 4 heteroatoms. The predicted molar refractivity (Wildman–Crippen MR) is 209 cm³/mol. The molecule has 0 bridgehead atoms. The fourth-order valence-electron chi connectivity index (χ4n) is 7.10.